The fourth-order valence-corrected chi connectivity index (χ4v) is 0.758. The van der Waals surface area contributed by atoms with Crippen LogP contribution in [-0.2, 0) is 0 Å². The first kappa shape index (κ1) is 6.58. The largest absolute Gasteiger partial charge is 0.484 e. The fraction of sp³-hybridized carbons (Fsp3) is 0. The lowest BCUT2D eigenvalue weighted by atomic mass is 10.9. The van der Waals surface area contributed by atoms with Crippen LogP contribution in [0.15, 0.2) is 12.4 Å². The van der Waals surface area contributed by atoms with Crippen LogP contribution in [0.2, 0.25) is 0 Å². The van der Waals surface area contributed by atoms with Crippen LogP contribution in [0.25, 0.3) is 5.78 Å². The van der Waals surface area contributed by atoms with Crippen LogP contribution in [-0.4, -0.2) is 29.7 Å². The molecule has 2 aromatic heterocycles. The molecular formula is C4H2N6O2. The molecule has 0 unspecified atom stereocenters. The van der Waals surface area contributed by atoms with Crippen molar-refractivity contribution in [3.8, 4) is 0 Å². The van der Waals surface area contributed by atoms with E-state index in [2.05, 4.69) is 20.3 Å². The van der Waals surface area contributed by atoms with Crippen molar-refractivity contribution in [3.63, 3.8) is 0 Å². The molecule has 0 aliphatic heterocycles. The minimum Gasteiger partial charge on any atom is -0.390 e. The van der Waals surface area contributed by atoms with Gasteiger partial charge in [-0.2, -0.15) is 0 Å². The van der Waals surface area contributed by atoms with E-state index in [-0.39, 0.29) is 5.78 Å². The van der Waals surface area contributed by atoms with E-state index in [1.165, 1.54) is 12.4 Å². The molecule has 12 heavy (non-hydrogen) atoms. The van der Waals surface area contributed by atoms with E-state index < -0.39 is 10.9 Å². The zero-order valence-electron chi connectivity index (χ0n) is 5.65. The van der Waals surface area contributed by atoms with Gasteiger partial charge in [-0.25, -0.2) is 4.98 Å². The Kier molecular flexibility index (Phi) is 1.20. The van der Waals surface area contributed by atoms with E-state index in [9.17, 15) is 10.1 Å². The lowest BCUT2D eigenvalue weighted by molar-refractivity contribution is -0.395. The van der Waals surface area contributed by atoms with Crippen LogP contribution in [0.5, 0.6) is 0 Å². The fourth-order valence-electron chi connectivity index (χ4n) is 0.758. The Morgan fingerprint density at radius 2 is 2.25 bits per heavy atom. The highest BCUT2D eigenvalue weighted by Crippen LogP contribution is 2.04. The predicted molar refractivity (Wildman–Crippen MR) is 35.2 cm³/mol. The van der Waals surface area contributed by atoms with E-state index in [1.807, 2.05) is 0 Å². The quantitative estimate of drug-likeness (QED) is 0.415. The lowest BCUT2D eigenvalue weighted by Crippen LogP contribution is -1.99. The average molecular weight is 166 g/mol. The van der Waals surface area contributed by atoms with Crippen molar-refractivity contribution < 1.29 is 4.92 Å². The summed E-state index contributed by atoms with van der Waals surface area (Å²) in [5, 5.41) is 20.7. The number of hydrogen-bond acceptors (Lipinski definition) is 6. The van der Waals surface area contributed by atoms with Crippen LogP contribution in [0.3, 0.4) is 0 Å². The molecule has 2 aromatic rings. The van der Waals surface area contributed by atoms with Gasteiger partial charge in [-0.1, -0.05) is 4.52 Å². The molecule has 0 bridgehead atoms. The molecule has 0 radical (unpaired) electrons. The smallest absolute Gasteiger partial charge is 0.390 e. The molecule has 0 aliphatic carbocycles. The number of nitro groups is 1. The molecule has 60 valence electrons. The molecule has 2 rings (SSSR count). The Labute approximate surface area is 65.0 Å². The number of aromatic nitrogens is 5. The molecule has 0 saturated heterocycles. The molecule has 0 fully saturated rings. The maximum absolute atomic E-state index is 10.3. The third kappa shape index (κ3) is 0.779. The molecule has 0 atom stereocenters. The Balaban J connectivity index is 2.79. The summed E-state index contributed by atoms with van der Waals surface area (Å²) in [6, 6.07) is 0. The number of rotatable bonds is 1. The van der Waals surface area contributed by atoms with Crippen molar-refractivity contribution in [1.29, 1.82) is 0 Å². The van der Waals surface area contributed by atoms with Gasteiger partial charge in [0, 0.05) is 0 Å². The summed E-state index contributed by atoms with van der Waals surface area (Å²) in [7, 11) is 0. The average Bonchev–Trinajstić information content (AvgIpc) is 2.47. The van der Waals surface area contributed by atoms with E-state index in [0.717, 1.165) is 4.52 Å². The topological polar surface area (TPSA) is 99.1 Å². The Morgan fingerprint density at radius 3 is 3.00 bits per heavy atom. The van der Waals surface area contributed by atoms with Gasteiger partial charge in [0.15, 0.2) is 0 Å². The van der Waals surface area contributed by atoms with Crippen LogP contribution in [0.4, 0.5) is 5.95 Å². The van der Waals surface area contributed by atoms with Crippen molar-refractivity contribution in [2.45, 2.75) is 0 Å². The molecule has 0 spiro atoms. The summed E-state index contributed by atoms with van der Waals surface area (Å²) in [4.78, 5) is 13.3. The van der Waals surface area contributed by atoms with Gasteiger partial charge in [-0.3, -0.25) is 0 Å². The van der Waals surface area contributed by atoms with E-state index in [4.69, 9.17) is 0 Å². The lowest BCUT2D eigenvalue weighted by Gasteiger charge is -1.87. The Bertz CT molecular complexity index is 436. The van der Waals surface area contributed by atoms with Gasteiger partial charge in [-0.15, -0.1) is 5.10 Å². The standard InChI is InChI=1S/C4H2N6O2/c11-10(12)4-8-7-3-5-1-2-6-9(3)4/h1-2H. The van der Waals surface area contributed by atoms with Gasteiger partial charge >= 0.3 is 11.7 Å². The molecule has 2 heterocycles. The highest BCUT2D eigenvalue weighted by Gasteiger charge is 2.17. The van der Waals surface area contributed by atoms with Gasteiger partial charge in [0.25, 0.3) is 0 Å². The predicted octanol–water partition coefficient (Wildman–Crippen LogP) is -0.573. The van der Waals surface area contributed by atoms with Crippen molar-refractivity contribution >= 4 is 11.7 Å². The van der Waals surface area contributed by atoms with Crippen molar-refractivity contribution in [2.24, 2.45) is 0 Å². The van der Waals surface area contributed by atoms with E-state index >= 15 is 0 Å². The molecule has 8 heteroatoms. The second-order valence-corrected chi connectivity index (χ2v) is 1.91. The first-order chi connectivity index (χ1) is 5.79. The third-order valence-electron chi connectivity index (χ3n) is 1.21. The molecule has 0 saturated carbocycles. The zero-order valence-corrected chi connectivity index (χ0v) is 5.65. The van der Waals surface area contributed by atoms with Crippen LogP contribution < -0.4 is 0 Å². The SMILES string of the molecule is O=[N+]([O-])c1nnc2nccnn12. The first-order valence-electron chi connectivity index (χ1n) is 2.96. The summed E-state index contributed by atoms with van der Waals surface area (Å²) in [5.41, 5.74) is 0. The first-order valence-corrected chi connectivity index (χ1v) is 2.96. The molecule has 0 amide bonds. The number of hydrogen-bond donors (Lipinski definition) is 0. The van der Waals surface area contributed by atoms with Crippen molar-refractivity contribution in [1.82, 2.24) is 24.8 Å². The van der Waals surface area contributed by atoms with Gasteiger partial charge in [0.1, 0.15) is 0 Å². The van der Waals surface area contributed by atoms with Gasteiger partial charge in [-0.05, 0) is 10.0 Å². The summed E-state index contributed by atoms with van der Waals surface area (Å²) in [6.07, 6.45) is 2.71. The molecular weight excluding hydrogens is 164 g/mol. The monoisotopic (exact) mass is 166 g/mol. The second kappa shape index (κ2) is 2.19. The zero-order chi connectivity index (χ0) is 8.55. The summed E-state index contributed by atoms with van der Waals surface area (Å²) in [5.74, 6) is -0.317. The minimum atomic E-state index is -0.672. The van der Waals surface area contributed by atoms with Gasteiger partial charge in [0.05, 0.1) is 17.5 Å². The van der Waals surface area contributed by atoms with Gasteiger partial charge < -0.3 is 10.1 Å². The maximum Gasteiger partial charge on any atom is 0.484 e. The Hall–Kier alpha value is -2.12. The molecule has 0 aromatic carbocycles. The normalized spacial score (nSPS) is 10.3. The molecule has 8 nitrogen and oxygen atoms in total. The minimum absolute atomic E-state index is 0.115. The van der Waals surface area contributed by atoms with Crippen LogP contribution in [0.1, 0.15) is 0 Å². The number of nitrogens with zero attached hydrogens (tertiary/aromatic N) is 6. The van der Waals surface area contributed by atoms with Crippen molar-refractivity contribution in [3.05, 3.63) is 22.5 Å². The van der Waals surface area contributed by atoms with Crippen molar-refractivity contribution in [2.75, 3.05) is 0 Å². The third-order valence-corrected chi connectivity index (χ3v) is 1.21. The Morgan fingerprint density at radius 1 is 1.42 bits per heavy atom. The maximum atomic E-state index is 10.3. The second-order valence-electron chi connectivity index (χ2n) is 1.91. The highest BCUT2D eigenvalue weighted by atomic mass is 16.6. The van der Waals surface area contributed by atoms with Gasteiger partial charge in [0.2, 0.25) is 0 Å². The molecule has 0 aliphatic rings. The van der Waals surface area contributed by atoms with E-state index in [0.29, 0.717) is 0 Å². The number of fused-ring (bicyclic) bond motifs is 1. The van der Waals surface area contributed by atoms with Crippen LogP contribution in [0, 0.1) is 10.1 Å². The highest BCUT2D eigenvalue weighted by molar-refractivity contribution is 5.27. The molecule has 0 N–H and O–H groups in total. The van der Waals surface area contributed by atoms with Crippen LogP contribution >= 0.6 is 0 Å². The summed E-state index contributed by atoms with van der Waals surface area (Å²) < 4.78 is 0.958. The van der Waals surface area contributed by atoms with E-state index in [1.54, 1.807) is 0 Å². The summed E-state index contributed by atoms with van der Waals surface area (Å²) in [6.45, 7) is 0. The summed E-state index contributed by atoms with van der Waals surface area (Å²) >= 11 is 0.